The first-order valence-corrected chi connectivity index (χ1v) is 13.1. The van der Waals surface area contributed by atoms with Gasteiger partial charge in [0.2, 0.25) is 0 Å². The molecule has 1 fully saturated rings. The maximum atomic E-state index is 12.8. The van der Waals surface area contributed by atoms with E-state index in [9.17, 15) is 4.79 Å². The lowest BCUT2D eigenvalue weighted by atomic mass is 10.2. The van der Waals surface area contributed by atoms with Gasteiger partial charge in [0.05, 0.1) is 50.1 Å². The Hall–Kier alpha value is -2.67. The van der Waals surface area contributed by atoms with Crippen molar-refractivity contribution in [1.29, 1.82) is 0 Å². The van der Waals surface area contributed by atoms with E-state index in [1.807, 2.05) is 0 Å². The van der Waals surface area contributed by atoms with Gasteiger partial charge in [-0.05, 0) is 26.6 Å². The van der Waals surface area contributed by atoms with Crippen LogP contribution >= 0.6 is 11.8 Å². The number of H-pyrrole nitrogens is 1. The summed E-state index contributed by atoms with van der Waals surface area (Å²) in [6.45, 7) is 7.24. The van der Waals surface area contributed by atoms with Crippen LogP contribution in [0.15, 0.2) is 22.1 Å². The molecule has 0 saturated carbocycles. The van der Waals surface area contributed by atoms with Crippen LogP contribution in [0.25, 0.3) is 10.9 Å². The summed E-state index contributed by atoms with van der Waals surface area (Å²) in [5, 5.41) is 10.4. The van der Waals surface area contributed by atoms with Gasteiger partial charge >= 0.3 is 0 Å². The third-order valence-corrected chi connectivity index (χ3v) is 7.37. The Balaban J connectivity index is 1.58. The summed E-state index contributed by atoms with van der Waals surface area (Å²) in [7, 11) is 7.23. The fraction of sp³-hybridized carbons (Fsp3) is 0.583. The lowest BCUT2D eigenvalue weighted by Gasteiger charge is -2.28. The number of benzene rings is 1. The molecule has 2 aromatic heterocycles. The molecule has 1 atom stereocenters. The van der Waals surface area contributed by atoms with Gasteiger partial charge in [-0.25, -0.2) is 4.98 Å². The number of fused-ring (bicyclic) bond motifs is 1. The number of hydrogen-bond acceptors (Lipinski definition) is 10. The second-order valence-corrected chi connectivity index (χ2v) is 9.80. The molecule has 3 heterocycles. The summed E-state index contributed by atoms with van der Waals surface area (Å²) >= 11 is 1.52. The van der Waals surface area contributed by atoms with Crippen molar-refractivity contribution in [3.05, 3.63) is 34.1 Å². The van der Waals surface area contributed by atoms with E-state index in [0.717, 1.165) is 56.8 Å². The molecule has 4 rings (SSSR count). The molecule has 0 aliphatic carbocycles. The predicted octanol–water partition coefficient (Wildman–Crippen LogP) is 2.17. The van der Waals surface area contributed by atoms with Gasteiger partial charge in [0.25, 0.3) is 5.56 Å². The normalized spacial score (nSPS) is 15.5. The van der Waals surface area contributed by atoms with Gasteiger partial charge in [-0.15, -0.1) is 10.2 Å². The quantitative estimate of drug-likeness (QED) is 0.380. The average Bonchev–Trinajstić information content (AvgIpc) is 3.28. The van der Waals surface area contributed by atoms with Crippen molar-refractivity contribution in [2.75, 3.05) is 61.2 Å². The SMILES string of the molecule is CC[C@H](c1nnc(SCc2nc3cc(OC)c(OC)cc3c(=O)[nH]2)n1CCN1CCOCC1)N(C)C. The first-order chi connectivity index (χ1) is 17.4. The predicted molar refractivity (Wildman–Crippen MR) is 139 cm³/mol. The van der Waals surface area contributed by atoms with Gasteiger partial charge in [0, 0.05) is 32.2 Å². The van der Waals surface area contributed by atoms with Crippen LogP contribution in [0.3, 0.4) is 0 Å². The van der Waals surface area contributed by atoms with Crippen molar-refractivity contribution >= 4 is 22.7 Å². The number of ether oxygens (including phenoxy) is 3. The molecule has 0 radical (unpaired) electrons. The number of methoxy groups -OCH3 is 2. The summed E-state index contributed by atoms with van der Waals surface area (Å²) in [6, 6.07) is 3.54. The first kappa shape index (κ1) is 26.4. The smallest absolute Gasteiger partial charge is 0.258 e. The Kier molecular flexibility index (Phi) is 8.83. The van der Waals surface area contributed by atoms with Crippen molar-refractivity contribution in [3.63, 3.8) is 0 Å². The van der Waals surface area contributed by atoms with Gasteiger partial charge in [0.1, 0.15) is 5.82 Å². The van der Waals surface area contributed by atoms with E-state index in [-0.39, 0.29) is 11.6 Å². The van der Waals surface area contributed by atoms with Crippen LogP contribution in [0.1, 0.15) is 31.0 Å². The largest absolute Gasteiger partial charge is 0.493 e. The maximum absolute atomic E-state index is 12.8. The molecule has 1 aliphatic rings. The minimum absolute atomic E-state index is 0.164. The Morgan fingerprint density at radius 2 is 1.86 bits per heavy atom. The molecular formula is C24H35N7O4S. The molecule has 12 heteroatoms. The van der Waals surface area contributed by atoms with E-state index in [1.54, 1.807) is 26.4 Å². The Labute approximate surface area is 215 Å². The summed E-state index contributed by atoms with van der Waals surface area (Å²) < 4.78 is 18.4. The van der Waals surface area contributed by atoms with Crippen LogP contribution in [0, 0.1) is 0 Å². The number of rotatable bonds is 11. The highest BCUT2D eigenvalue weighted by Gasteiger charge is 2.23. The fourth-order valence-electron chi connectivity index (χ4n) is 4.42. The summed E-state index contributed by atoms with van der Waals surface area (Å²) in [5.41, 5.74) is 0.338. The molecule has 1 N–H and O–H groups in total. The number of hydrogen-bond donors (Lipinski definition) is 1. The lowest BCUT2D eigenvalue weighted by Crippen LogP contribution is -2.38. The van der Waals surface area contributed by atoms with Crippen molar-refractivity contribution < 1.29 is 14.2 Å². The van der Waals surface area contributed by atoms with Crippen LogP contribution < -0.4 is 15.0 Å². The van der Waals surface area contributed by atoms with Crippen LogP contribution in [0.4, 0.5) is 0 Å². The molecule has 0 bridgehead atoms. The van der Waals surface area contributed by atoms with Gasteiger partial charge in [-0.1, -0.05) is 18.7 Å². The van der Waals surface area contributed by atoms with Crippen LogP contribution in [-0.2, 0) is 17.0 Å². The van der Waals surface area contributed by atoms with E-state index in [1.165, 1.54) is 11.8 Å². The fourth-order valence-corrected chi connectivity index (χ4v) is 5.27. The minimum atomic E-state index is -0.218. The van der Waals surface area contributed by atoms with Gasteiger partial charge < -0.3 is 23.8 Å². The monoisotopic (exact) mass is 517 g/mol. The third-order valence-electron chi connectivity index (χ3n) is 6.39. The lowest BCUT2D eigenvalue weighted by molar-refractivity contribution is 0.0358. The molecule has 0 spiro atoms. The van der Waals surface area contributed by atoms with Crippen molar-refractivity contribution in [3.8, 4) is 11.5 Å². The van der Waals surface area contributed by atoms with Crippen molar-refractivity contribution in [2.45, 2.75) is 36.8 Å². The highest BCUT2D eigenvalue weighted by atomic mass is 32.2. The molecule has 1 aromatic carbocycles. The topological polar surface area (TPSA) is 111 Å². The van der Waals surface area contributed by atoms with Crippen LogP contribution in [0.5, 0.6) is 11.5 Å². The highest BCUT2D eigenvalue weighted by Crippen LogP contribution is 2.31. The Bertz CT molecular complexity index is 1220. The van der Waals surface area contributed by atoms with Crippen molar-refractivity contribution in [1.82, 2.24) is 34.5 Å². The molecule has 0 amide bonds. The molecule has 1 saturated heterocycles. The molecule has 3 aromatic rings. The highest BCUT2D eigenvalue weighted by molar-refractivity contribution is 7.98. The molecule has 0 unspecified atom stereocenters. The van der Waals surface area contributed by atoms with Gasteiger partial charge in [0.15, 0.2) is 22.5 Å². The molecule has 11 nitrogen and oxygen atoms in total. The minimum Gasteiger partial charge on any atom is -0.493 e. The Morgan fingerprint density at radius 3 is 2.53 bits per heavy atom. The second kappa shape index (κ2) is 12.0. The molecule has 1 aliphatic heterocycles. The average molecular weight is 518 g/mol. The van der Waals surface area contributed by atoms with E-state index in [4.69, 9.17) is 14.2 Å². The summed E-state index contributed by atoms with van der Waals surface area (Å²) in [6.07, 6.45) is 0.929. The summed E-state index contributed by atoms with van der Waals surface area (Å²) in [5.74, 6) is 2.99. The molecular weight excluding hydrogens is 482 g/mol. The van der Waals surface area contributed by atoms with Gasteiger partial charge in [-0.3, -0.25) is 14.6 Å². The number of nitrogens with zero attached hydrogens (tertiary/aromatic N) is 6. The van der Waals surface area contributed by atoms with E-state index in [0.29, 0.717) is 34.0 Å². The second-order valence-electron chi connectivity index (χ2n) is 8.86. The first-order valence-electron chi connectivity index (χ1n) is 12.1. The number of morpholine rings is 1. The third kappa shape index (κ3) is 5.83. The van der Waals surface area contributed by atoms with E-state index >= 15 is 0 Å². The number of thioether (sulfide) groups is 1. The Morgan fingerprint density at radius 1 is 1.14 bits per heavy atom. The number of aromatic nitrogens is 5. The number of aromatic amines is 1. The van der Waals surface area contributed by atoms with E-state index in [2.05, 4.69) is 55.6 Å². The maximum Gasteiger partial charge on any atom is 0.258 e. The zero-order valence-corrected chi connectivity index (χ0v) is 22.4. The molecule has 36 heavy (non-hydrogen) atoms. The van der Waals surface area contributed by atoms with Crippen LogP contribution in [0.2, 0.25) is 0 Å². The zero-order chi connectivity index (χ0) is 25.7. The zero-order valence-electron chi connectivity index (χ0n) is 21.6. The molecule has 196 valence electrons. The van der Waals surface area contributed by atoms with Crippen LogP contribution in [-0.4, -0.2) is 95.7 Å². The van der Waals surface area contributed by atoms with E-state index < -0.39 is 0 Å². The summed E-state index contributed by atoms with van der Waals surface area (Å²) in [4.78, 5) is 24.9. The standard InChI is InChI=1S/C24H35N7O4S/c1-6-18(29(2)3)22-27-28-24(31(22)8-7-30-9-11-35-12-10-30)36-15-21-25-17-14-20(34-5)19(33-4)13-16(17)23(32)26-21/h13-14,18H,6-12,15H2,1-5H3,(H,25,26,32)/t18-/m1/s1. The number of nitrogens with one attached hydrogen (secondary N) is 1. The van der Waals surface area contributed by atoms with Crippen molar-refractivity contribution in [2.24, 2.45) is 0 Å². The van der Waals surface area contributed by atoms with Gasteiger partial charge in [-0.2, -0.15) is 0 Å².